The number of halogens is 1. The van der Waals surface area contributed by atoms with Gasteiger partial charge in [-0.05, 0) is 32.0 Å². The Hall–Kier alpha value is -1.46. The van der Waals surface area contributed by atoms with Gasteiger partial charge in [0.2, 0.25) is 0 Å². The third-order valence-corrected chi connectivity index (χ3v) is 3.82. The molecule has 1 aromatic carbocycles. The standard InChI is InChI=1S/C15H21ClN2O3/c1-11-12(2)20-9-7-18(11)15(19)17-6-8-21-14-5-3-4-13(16)10-14/h3-5,10-12H,6-9H2,1-2H3,(H,17,19). The highest BCUT2D eigenvalue weighted by Gasteiger charge is 2.28. The number of hydrogen-bond acceptors (Lipinski definition) is 3. The van der Waals surface area contributed by atoms with Crippen LogP contribution < -0.4 is 10.1 Å². The second-order valence-electron chi connectivity index (χ2n) is 5.05. The van der Waals surface area contributed by atoms with Gasteiger partial charge in [0.25, 0.3) is 0 Å². The number of carbonyl (C=O) groups is 1. The molecule has 1 heterocycles. The summed E-state index contributed by atoms with van der Waals surface area (Å²) in [6, 6.07) is 7.19. The Morgan fingerprint density at radius 1 is 1.52 bits per heavy atom. The van der Waals surface area contributed by atoms with E-state index in [1.807, 2.05) is 26.0 Å². The van der Waals surface area contributed by atoms with Crippen LogP contribution in [0.25, 0.3) is 0 Å². The zero-order valence-electron chi connectivity index (χ0n) is 12.3. The fraction of sp³-hybridized carbons (Fsp3) is 0.533. The monoisotopic (exact) mass is 312 g/mol. The van der Waals surface area contributed by atoms with E-state index in [2.05, 4.69) is 5.32 Å². The normalized spacial score (nSPS) is 22.0. The first-order valence-corrected chi connectivity index (χ1v) is 7.50. The van der Waals surface area contributed by atoms with Crippen LogP contribution in [0.3, 0.4) is 0 Å². The third kappa shape index (κ3) is 4.51. The lowest BCUT2D eigenvalue weighted by molar-refractivity contribution is -0.0376. The summed E-state index contributed by atoms with van der Waals surface area (Å²) < 4.78 is 11.0. The van der Waals surface area contributed by atoms with Gasteiger partial charge in [-0.15, -0.1) is 0 Å². The van der Waals surface area contributed by atoms with Crippen molar-refractivity contribution in [3.8, 4) is 5.75 Å². The van der Waals surface area contributed by atoms with Crippen LogP contribution in [0.15, 0.2) is 24.3 Å². The fourth-order valence-electron chi connectivity index (χ4n) is 2.20. The quantitative estimate of drug-likeness (QED) is 0.869. The summed E-state index contributed by atoms with van der Waals surface area (Å²) in [6.45, 7) is 6.02. The van der Waals surface area contributed by atoms with E-state index in [0.29, 0.717) is 37.1 Å². The van der Waals surface area contributed by atoms with Gasteiger partial charge in [-0.25, -0.2) is 4.79 Å². The van der Waals surface area contributed by atoms with Crippen molar-refractivity contribution in [3.63, 3.8) is 0 Å². The lowest BCUT2D eigenvalue weighted by Crippen LogP contribution is -2.54. The van der Waals surface area contributed by atoms with Crippen LogP contribution in [0.5, 0.6) is 5.75 Å². The molecule has 116 valence electrons. The molecular formula is C15H21ClN2O3. The number of hydrogen-bond donors (Lipinski definition) is 1. The van der Waals surface area contributed by atoms with Crippen LogP contribution in [0.1, 0.15) is 13.8 Å². The van der Waals surface area contributed by atoms with E-state index in [1.54, 1.807) is 17.0 Å². The van der Waals surface area contributed by atoms with Crippen LogP contribution in [-0.4, -0.2) is 49.4 Å². The van der Waals surface area contributed by atoms with Crippen LogP contribution in [0, 0.1) is 0 Å². The Bertz CT molecular complexity index is 484. The van der Waals surface area contributed by atoms with Crippen molar-refractivity contribution in [1.29, 1.82) is 0 Å². The van der Waals surface area contributed by atoms with Gasteiger partial charge in [-0.2, -0.15) is 0 Å². The first-order valence-electron chi connectivity index (χ1n) is 7.12. The lowest BCUT2D eigenvalue weighted by Gasteiger charge is -2.37. The number of nitrogens with one attached hydrogen (secondary N) is 1. The number of morpholine rings is 1. The molecule has 0 spiro atoms. The molecule has 0 radical (unpaired) electrons. The average molecular weight is 313 g/mol. The molecule has 1 fully saturated rings. The predicted molar refractivity (Wildman–Crippen MR) is 81.9 cm³/mol. The van der Waals surface area contributed by atoms with Crippen LogP contribution in [0.2, 0.25) is 5.02 Å². The predicted octanol–water partition coefficient (Wildman–Crippen LogP) is 2.54. The lowest BCUT2D eigenvalue weighted by atomic mass is 10.1. The maximum absolute atomic E-state index is 12.1. The average Bonchev–Trinajstić information content (AvgIpc) is 2.46. The highest BCUT2D eigenvalue weighted by atomic mass is 35.5. The molecule has 0 aromatic heterocycles. The maximum atomic E-state index is 12.1. The molecule has 2 rings (SSSR count). The minimum atomic E-state index is -0.0765. The molecule has 0 saturated carbocycles. The molecule has 2 amide bonds. The van der Waals surface area contributed by atoms with Crippen molar-refractivity contribution < 1.29 is 14.3 Å². The van der Waals surface area contributed by atoms with Crippen molar-refractivity contribution in [1.82, 2.24) is 10.2 Å². The second kappa shape index (κ2) is 7.52. The second-order valence-corrected chi connectivity index (χ2v) is 5.48. The largest absolute Gasteiger partial charge is 0.492 e. The van der Waals surface area contributed by atoms with Crippen molar-refractivity contribution in [2.75, 3.05) is 26.3 Å². The highest BCUT2D eigenvalue weighted by molar-refractivity contribution is 6.30. The van der Waals surface area contributed by atoms with Gasteiger partial charge >= 0.3 is 6.03 Å². The van der Waals surface area contributed by atoms with Crippen molar-refractivity contribution in [3.05, 3.63) is 29.3 Å². The Morgan fingerprint density at radius 3 is 3.10 bits per heavy atom. The summed E-state index contributed by atoms with van der Waals surface area (Å²) in [6.07, 6.45) is 0.0622. The van der Waals surface area contributed by atoms with Gasteiger partial charge < -0.3 is 19.7 Å². The number of benzene rings is 1. The number of rotatable bonds is 4. The molecule has 1 N–H and O–H groups in total. The number of ether oxygens (including phenoxy) is 2. The first-order chi connectivity index (χ1) is 10.1. The molecule has 0 aliphatic carbocycles. The first kappa shape index (κ1) is 15.9. The fourth-order valence-corrected chi connectivity index (χ4v) is 2.39. The molecule has 1 aromatic rings. The molecule has 2 unspecified atom stereocenters. The molecule has 1 aliphatic heterocycles. The summed E-state index contributed by atoms with van der Waals surface area (Å²) in [5.41, 5.74) is 0. The zero-order valence-corrected chi connectivity index (χ0v) is 13.1. The van der Waals surface area contributed by atoms with Gasteiger partial charge in [0.1, 0.15) is 12.4 Å². The molecule has 21 heavy (non-hydrogen) atoms. The van der Waals surface area contributed by atoms with E-state index < -0.39 is 0 Å². The number of amides is 2. The van der Waals surface area contributed by atoms with Gasteiger partial charge in [0.05, 0.1) is 25.3 Å². The van der Waals surface area contributed by atoms with Crippen LogP contribution in [0.4, 0.5) is 4.79 Å². The van der Waals surface area contributed by atoms with Gasteiger partial charge in [0.15, 0.2) is 0 Å². The van der Waals surface area contributed by atoms with E-state index in [0.717, 1.165) is 0 Å². The van der Waals surface area contributed by atoms with E-state index in [1.165, 1.54) is 0 Å². The molecular weight excluding hydrogens is 292 g/mol. The maximum Gasteiger partial charge on any atom is 0.317 e. The van der Waals surface area contributed by atoms with Gasteiger partial charge in [0, 0.05) is 11.6 Å². The minimum absolute atomic E-state index is 0.0622. The van der Waals surface area contributed by atoms with Crippen molar-refractivity contribution in [2.45, 2.75) is 26.0 Å². The Morgan fingerprint density at radius 2 is 2.33 bits per heavy atom. The number of carbonyl (C=O) groups excluding carboxylic acids is 1. The zero-order chi connectivity index (χ0) is 15.2. The summed E-state index contributed by atoms with van der Waals surface area (Å²) in [5.74, 6) is 0.699. The molecule has 6 heteroatoms. The molecule has 0 bridgehead atoms. The van der Waals surface area contributed by atoms with Crippen molar-refractivity contribution >= 4 is 17.6 Å². The molecule has 1 saturated heterocycles. The molecule has 5 nitrogen and oxygen atoms in total. The van der Waals surface area contributed by atoms with E-state index >= 15 is 0 Å². The minimum Gasteiger partial charge on any atom is -0.492 e. The van der Waals surface area contributed by atoms with E-state index in [9.17, 15) is 4.79 Å². The van der Waals surface area contributed by atoms with Gasteiger partial charge in [-0.3, -0.25) is 0 Å². The summed E-state index contributed by atoms with van der Waals surface area (Å²) >= 11 is 5.87. The Labute approximate surface area is 130 Å². The van der Waals surface area contributed by atoms with E-state index in [4.69, 9.17) is 21.1 Å². The number of nitrogens with zero attached hydrogens (tertiary/aromatic N) is 1. The van der Waals surface area contributed by atoms with Gasteiger partial charge in [-0.1, -0.05) is 17.7 Å². The third-order valence-electron chi connectivity index (χ3n) is 3.59. The number of urea groups is 1. The SMILES string of the molecule is CC1OCCN(C(=O)NCCOc2cccc(Cl)c2)C1C. The van der Waals surface area contributed by atoms with Crippen LogP contribution in [-0.2, 0) is 4.74 Å². The van der Waals surface area contributed by atoms with Crippen LogP contribution >= 0.6 is 11.6 Å². The smallest absolute Gasteiger partial charge is 0.317 e. The topological polar surface area (TPSA) is 50.8 Å². The Kier molecular flexibility index (Phi) is 5.70. The highest BCUT2D eigenvalue weighted by Crippen LogP contribution is 2.17. The Balaban J connectivity index is 1.72. The summed E-state index contributed by atoms with van der Waals surface area (Å²) in [4.78, 5) is 13.9. The summed E-state index contributed by atoms with van der Waals surface area (Å²) in [5, 5.41) is 3.49. The molecule has 1 aliphatic rings. The summed E-state index contributed by atoms with van der Waals surface area (Å²) in [7, 11) is 0. The van der Waals surface area contributed by atoms with Crippen molar-refractivity contribution in [2.24, 2.45) is 0 Å². The van der Waals surface area contributed by atoms with E-state index in [-0.39, 0.29) is 18.2 Å². The molecule has 2 atom stereocenters.